The molecule has 0 saturated carbocycles. The van der Waals surface area contributed by atoms with Crippen molar-refractivity contribution in [3.63, 3.8) is 0 Å². The molecule has 2 rings (SSSR count). The standard InChI is InChI=1S/C17H16N2O5S/c1-13(11-18)24-17(20)9-6-14-4-7-16(8-5-14)25(21,22)19-12-15-3-2-10-23-15/h2-10,13,19H,12H2,1H3/b9-6+/t13-/m1/s1. The number of nitriles is 1. The van der Waals surface area contributed by atoms with Crippen molar-refractivity contribution in [1.29, 1.82) is 5.26 Å². The molecule has 0 spiro atoms. The predicted molar refractivity (Wildman–Crippen MR) is 89.4 cm³/mol. The van der Waals surface area contributed by atoms with Crippen LogP contribution in [0.2, 0.25) is 0 Å². The third kappa shape index (κ3) is 5.60. The number of hydrogen-bond donors (Lipinski definition) is 1. The number of rotatable bonds is 7. The number of sulfonamides is 1. The SMILES string of the molecule is C[C@H](C#N)OC(=O)/C=C/c1ccc(S(=O)(=O)NCc2ccco2)cc1. The normalized spacial score (nSPS) is 12.6. The van der Waals surface area contributed by atoms with Crippen molar-refractivity contribution in [1.82, 2.24) is 4.72 Å². The van der Waals surface area contributed by atoms with Crippen LogP contribution in [0.15, 0.2) is 58.1 Å². The molecule has 0 fully saturated rings. The maximum absolute atomic E-state index is 12.2. The highest BCUT2D eigenvalue weighted by Gasteiger charge is 2.14. The van der Waals surface area contributed by atoms with Crippen LogP contribution in [0.3, 0.4) is 0 Å². The molecule has 1 aromatic heterocycles. The highest BCUT2D eigenvalue weighted by Crippen LogP contribution is 2.12. The fourth-order valence-electron chi connectivity index (χ4n) is 1.82. The van der Waals surface area contributed by atoms with Crippen molar-refractivity contribution in [2.45, 2.75) is 24.5 Å². The lowest BCUT2D eigenvalue weighted by atomic mass is 10.2. The van der Waals surface area contributed by atoms with Gasteiger partial charge in [0.15, 0.2) is 6.10 Å². The van der Waals surface area contributed by atoms with Crippen LogP contribution in [-0.4, -0.2) is 20.5 Å². The number of nitrogens with zero attached hydrogens (tertiary/aromatic N) is 1. The summed E-state index contributed by atoms with van der Waals surface area (Å²) in [5.74, 6) is -0.140. The van der Waals surface area contributed by atoms with E-state index in [0.29, 0.717) is 11.3 Å². The fourth-order valence-corrected chi connectivity index (χ4v) is 2.82. The van der Waals surface area contributed by atoms with Gasteiger partial charge < -0.3 is 9.15 Å². The van der Waals surface area contributed by atoms with Gasteiger partial charge in [-0.05, 0) is 42.8 Å². The highest BCUT2D eigenvalue weighted by molar-refractivity contribution is 7.89. The molecule has 0 amide bonds. The van der Waals surface area contributed by atoms with Gasteiger partial charge in [-0.15, -0.1) is 0 Å². The minimum atomic E-state index is -3.67. The first kappa shape index (κ1) is 18.4. The van der Waals surface area contributed by atoms with Crippen molar-refractivity contribution in [2.75, 3.05) is 0 Å². The second-order valence-corrected chi connectivity index (χ2v) is 6.78. The lowest BCUT2D eigenvalue weighted by molar-refractivity contribution is -0.139. The molecule has 8 heteroatoms. The van der Waals surface area contributed by atoms with Crippen molar-refractivity contribution >= 4 is 22.1 Å². The monoisotopic (exact) mass is 360 g/mol. The first-order valence-corrected chi connectivity index (χ1v) is 8.79. The molecule has 0 aliphatic rings. The van der Waals surface area contributed by atoms with E-state index in [1.54, 1.807) is 30.3 Å². The highest BCUT2D eigenvalue weighted by atomic mass is 32.2. The van der Waals surface area contributed by atoms with Crippen LogP contribution >= 0.6 is 0 Å². The summed E-state index contributed by atoms with van der Waals surface area (Å²) >= 11 is 0. The number of esters is 1. The van der Waals surface area contributed by atoms with Gasteiger partial charge in [-0.25, -0.2) is 17.9 Å². The summed E-state index contributed by atoms with van der Waals surface area (Å²) in [6.45, 7) is 1.51. The maximum Gasteiger partial charge on any atom is 0.332 e. The first-order valence-electron chi connectivity index (χ1n) is 7.31. The van der Waals surface area contributed by atoms with E-state index < -0.39 is 22.1 Å². The second-order valence-electron chi connectivity index (χ2n) is 5.01. The molecule has 0 unspecified atom stereocenters. The fraction of sp³-hybridized carbons (Fsp3) is 0.176. The van der Waals surface area contributed by atoms with Gasteiger partial charge in [0, 0.05) is 6.08 Å². The average molecular weight is 360 g/mol. The Hall–Kier alpha value is -2.89. The number of carbonyl (C=O) groups is 1. The average Bonchev–Trinajstić information content (AvgIpc) is 3.12. The van der Waals surface area contributed by atoms with Crippen LogP contribution in [0, 0.1) is 11.3 Å². The van der Waals surface area contributed by atoms with Gasteiger partial charge in [-0.3, -0.25) is 0 Å². The summed E-state index contributed by atoms with van der Waals surface area (Å²) in [5.41, 5.74) is 0.617. The Morgan fingerprint density at radius 2 is 2.08 bits per heavy atom. The molecule has 130 valence electrons. The molecular formula is C17H16N2O5S. The topological polar surface area (TPSA) is 109 Å². The molecule has 25 heavy (non-hydrogen) atoms. The van der Waals surface area contributed by atoms with Crippen LogP contribution in [0.5, 0.6) is 0 Å². The van der Waals surface area contributed by atoms with E-state index in [1.165, 1.54) is 37.5 Å². The van der Waals surface area contributed by atoms with Crippen LogP contribution < -0.4 is 4.72 Å². The summed E-state index contributed by atoms with van der Waals surface area (Å²) in [5, 5.41) is 8.56. The maximum atomic E-state index is 12.2. The molecule has 7 nitrogen and oxygen atoms in total. The van der Waals surface area contributed by atoms with E-state index in [-0.39, 0.29) is 11.4 Å². The molecule has 0 aliphatic heterocycles. The second kappa shape index (κ2) is 8.28. The van der Waals surface area contributed by atoms with Crippen LogP contribution in [0.4, 0.5) is 0 Å². The number of hydrogen-bond acceptors (Lipinski definition) is 6. The Kier molecular flexibility index (Phi) is 6.11. The lowest BCUT2D eigenvalue weighted by Crippen LogP contribution is -2.22. The molecule has 1 atom stereocenters. The van der Waals surface area contributed by atoms with Crippen molar-refractivity contribution < 1.29 is 22.4 Å². The number of nitrogens with one attached hydrogen (secondary N) is 1. The van der Waals surface area contributed by atoms with Crippen molar-refractivity contribution in [3.8, 4) is 6.07 Å². The minimum absolute atomic E-state index is 0.0555. The van der Waals surface area contributed by atoms with E-state index in [4.69, 9.17) is 14.4 Å². The van der Waals surface area contributed by atoms with Crippen LogP contribution in [-0.2, 0) is 26.1 Å². The zero-order valence-electron chi connectivity index (χ0n) is 13.4. The van der Waals surface area contributed by atoms with Crippen molar-refractivity contribution in [3.05, 3.63) is 60.1 Å². The molecule has 2 aromatic rings. The molecular weight excluding hydrogens is 344 g/mol. The lowest BCUT2D eigenvalue weighted by Gasteiger charge is -2.06. The van der Waals surface area contributed by atoms with Gasteiger partial charge in [0.1, 0.15) is 11.8 Å². The van der Waals surface area contributed by atoms with E-state index >= 15 is 0 Å². The number of furan rings is 1. The first-order chi connectivity index (χ1) is 11.9. The van der Waals surface area contributed by atoms with Gasteiger partial charge >= 0.3 is 5.97 Å². The Labute approximate surface area is 145 Å². The zero-order chi connectivity index (χ0) is 18.3. The quantitative estimate of drug-likeness (QED) is 0.599. The smallest absolute Gasteiger partial charge is 0.332 e. The Morgan fingerprint density at radius 1 is 1.36 bits per heavy atom. The zero-order valence-corrected chi connectivity index (χ0v) is 14.2. The molecule has 0 aliphatic carbocycles. The Morgan fingerprint density at radius 3 is 2.68 bits per heavy atom. The molecule has 1 heterocycles. The van der Waals surface area contributed by atoms with Gasteiger partial charge in [-0.2, -0.15) is 5.26 Å². The third-order valence-corrected chi connectivity index (χ3v) is 4.51. The molecule has 0 bridgehead atoms. The number of carbonyl (C=O) groups excluding carboxylic acids is 1. The molecule has 1 aromatic carbocycles. The Bertz CT molecular complexity index is 878. The van der Waals surface area contributed by atoms with Gasteiger partial charge in [0.2, 0.25) is 10.0 Å². The van der Waals surface area contributed by atoms with E-state index in [2.05, 4.69) is 4.72 Å². The summed E-state index contributed by atoms with van der Waals surface area (Å²) in [7, 11) is -3.67. The molecule has 0 radical (unpaired) electrons. The van der Waals surface area contributed by atoms with E-state index in [9.17, 15) is 13.2 Å². The predicted octanol–water partition coefficient (Wildman–Crippen LogP) is 2.23. The van der Waals surface area contributed by atoms with Crippen molar-refractivity contribution in [2.24, 2.45) is 0 Å². The van der Waals surface area contributed by atoms with Crippen LogP contribution in [0.25, 0.3) is 6.08 Å². The summed E-state index contributed by atoms with van der Waals surface area (Å²) in [6, 6.07) is 11.1. The summed E-state index contributed by atoms with van der Waals surface area (Å²) < 4.78 is 36.6. The summed E-state index contributed by atoms with van der Waals surface area (Å²) in [6.07, 6.45) is 3.28. The molecule has 0 saturated heterocycles. The van der Waals surface area contributed by atoms with Crippen LogP contribution in [0.1, 0.15) is 18.2 Å². The van der Waals surface area contributed by atoms with Gasteiger partial charge in [0.25, 0.3) is 0 Å². The van der Waals surface area contributed by atoms with E-state index in [0.717, 1.165) is 0 Å². The van der Waals surface area contributed by atoms with Gasteiger partial charge in [0.05, 0.1) is 17.7 Å². The minimum Gasteiger partial charge on any atom is -0.468 e. The number of ether oxygens (including phenoxy) is 1. The van der Waals surface area contributed by atoms with E-state index in [1.807, 2.05) is 0 Å². The summed E-state index contributed by atoms with van der Waals surface area (Å²) in [4.78, 5) is 11.5. The Balaban J connectivity index is 1.99. The third-order valence-electron chi connectivity index (χ3n) is 3.09. The molecule has 1 N–H and O–H groups in total. The van der Waals surface area contributed by atoms with Gasteiger partial charge in [-0.1, -0.05) is 12.1 Å². The largest absolute Gasteiger partial charge is 0.468 e. The number of benzene rings is 1.